The third kappa shape index (κ3) is 2.42. The predicted octanol–water partition coefficient (Wildman–Crippen LogP) is 3.26. The summed E-state index contributed by atoms with van der Waals surface area (Å²) in [6.07, 6.45) is 5.78. The lowest BCUT2D eigenvalue weighted by atomic mass is 10.2. The number of aromatic nitrogens is 2. The molecule has 0 bridgehead atoms. The molecule has 1 aromatic carbocycles. The van der Waals surface area contributed by atoms with E-state index < -0.39 is 0 Å². The Kier molecular flexibility index (Phi) is 3.59. The summed E-state index contributed by atoms with van der Waals surface area (Å²) < 4.78 is 5.74. The molecule has 3 nitrogen and oxygen atoms in total. The number of para-hydroxylation sites is 1. The number of nitrogens with zero attached hydrogens (tertiary/aromatic N) is 1. The standard InChI is InChI=1S/C13H16N2O/c1-2-3-10-16-12-7-5-4-6-11(12)13-14-8-9-15-13/h4-9H,2-3,10H2,1H3,(H,14,15). The van der Waals surface area contributed by atoms with E-state index in [0.29, 0.717) is 0 Å². The highest BCUT2D eigenvalue weighted by atomic mass is 16.5. The minimum Gasteiger partial charge on any atom is -0.493 e. The number of aromatic amines is 1. The van der Waals surface area contributed by atoms with Crippen molar-refractivity contribution in [3.05, 3.63) is 36.7 Å². The Morgan fingerprint density at radius 2 is 2.19 bits per heavy atom. The lowest BCUT2D eigenvalue weighted by Gasteiger charge is -2.09. The zero-order chi connectivity index (χ0) is 11.2. The van der Waals surface area contributed by atoms with Crippen molar-refractivity contribution in [2.24, 2.45) is 0 Å². The molecule has 16 heavy (non-hydrogen) atoms. The summed E-state index contributed by atoms with van der Waals surface area (Å²) >= 11 is 0. The monoisotopic (exact) mass is 216 g/mol. The van der Waals surface area contributed by atoms with Crippen molar-refractivity contribution < 1.29 is 4.74 Å². The summed E-state index contributed by atoms with van der Waals surface area (Å²) in [5, 5.41) is 0. The van der Waals surface area contributed by atoms with Gasteiger partial charge in [-0.25, -0.2) is 4.98 Å². The molecule has 0 radical (unpaired) electrons. The summed E-state index contributed by atoms with van der Waals surface area (Å²) in [4.78, 5) is 7.33. The van der Waals surface area contributed by atoms with Gasteiger partial charge in [0.1, 0.15) is 11.6 Å². The first-order chi connectivity index (χ1) is 7.92. The first kappa shape index (κ1) is 10.7. The van der Waals surface area contributed by atoms with Gasteiger partial charge in [-0.2, -0.15) is 0 Å². The molecule has 0 saturated carbocycles. The molecule has 3 heteroatoms. The molecule has 1 heterocycles. The number of benzene rings is 1. The van der Waals surface area contributed by atoms with Crippen molar-refractivity contribution in [2.75, 3.05) is 6.61 Å². The van der Waals surface area contributed by atoms with E-state index in [4.69, 9.17) is 4.74 Å². The normalized spacial score (nSPS) is 10.3. The number of nitrogens with one attached hydrogen (secondary N) is 1. The van der Waals surface area contributed by atoms with Crippen LogP contribution in [0.3, 0.4) is 0 Å². The second-order valence-electron chi connectivity index (χ2n) is 3.64. The maximum atomic E-state index is 5.74. The quantitative estimate of drug-likeness (QED) is 0.779. The average Bonchev–Trinajstić information content (AvgIpc) is 2.83. The number of hydrogen-bond donors (Lipinski definition) is 1. The number of ether oxygens (including phenoxy) is 1. The van der Waals surface area contributed by atoms with Crippen LogP contribution in [-0.4, -0.2) is 16.6 Å². The maximum absolute atomic E-state index is 5.74. The molecular formula is C13H16N2O. The Morgan fingerprint density at radius 1 is 1.31 bits per heavy atom. The van der Waals surface area contributed by atoms with Gasteiger partial charge in [0.2, 0.25) is 0 Å². The summed E-state index contributed by atoms with van der Waals surface area (Å²) in [6, 6.07) is 7.96. The molecule has 0 amide bonds. The van der Waals surface area contributed by atoms with Crippen molar-refractivity contribution >= 4 is 0 Å². The number of rotatable bonds is 5. The van der Waals surface area contributed by atoms with E-state index in [0.717, 1.165) is 36.6 Å². The summed E-state index contributed by atoms with van der Waals surface area (Å²) in [5.74, 6) is 1.75. The second kappa shape index (κ2) is 5.35. The Bertz CT molecular complexity index is 423. The lowest BCUT2D eigenvalue weighted by molar-refractivity contribution is 0.310. The highest BCUT2D eigenvalue weighted by molar-refractivity contribution is 5.63. The topological polar surface area (TPSA) is 37.9 Å². The van der Waals surface area contributed by atoms with Crippen LogP contribution in [0, 0.1) is 0 Å². The fraction of sp³-hybridized carbons (Fsp3) is 0.308. The van der Waals surface area contributed by atoms with Crippen molar-refractivity contribution in [2.45, 2.75) is 19.8 Å². The van der Waals surface area contributed by atoms with Crippen LogP contribution in [0.2, 0.25) is 0 Å². The SMILES string of the molecule is CCCCOc1ccccc1-c1ncc[nH]1. The Hall–Kier alpha value is -1.77. The van der Waals surface area contributed by atoms with Crippen LogP contribution in [0.25, 0.3) is 11.4 Å². The van der Waals surface area contributed by atoms with Crippen LogP contribution in [0.5, 0.6) is 5.75 Å². The number of H-pyrrole nitrogens is 1. The van der Waals surface area contributed by atoms with Gasteiger partial charge >= 0.3 is 0 Å². The van der Waals surface area contributed by atoms with Crippen LogP contribution in [-0.2, 0) is 0 Å². The zero-order valence-electron chi connectivity index (χ0n) is 9.44. The molecule has 0 aliphatic rings. The molecule has 2 aromatic rings. The largest absolute Gasteiger partial charge is 0.493 e. The molecule has 1 aromatic heterocycles. The van der Waals surface area contributed by atoms with E-state index >= 15 is 0 Å². The van der Waals surface area contributed by atoms with Gasteiger partial charge in [-0.05, 0) is 18.6 Å². The smallest absolute Gasteiger partial charge is 0.141 e. The molecule has 84 valence electrons. The minimum absolute atomic E-state index is 0.758. The van der Waals surface area contributed by atoms with Crippen LogP contribution < -0.4 is 4.74 Å². The summed E-state index contributed by atoms with van der Waals surface area (Å²) in [5.41, 5.74) is 1.02. The average molecular weight is 216 g/mol. The van der Waals surface area contributed by atoms with Gasteiger partial charge in [-0.1, -0.05) is 25.5 Å². The van der Waals surface area contributed by atoms with Gasteiger partial charge in [0.05, 0.1) is 12.2 Å². The molecule has 0 atom stereocenters. The van der Waals surface area contributed by atoms with Crippen LogP contribution in [0.15, 0.2) is 36.7 Å². The van der Waals surface area contributed by atoms with Gasteiger partial charge in [-0.3, -0.25) is 0 Å². The lowest BCUT2D eigenvalue weighted by Crippen LogP contribution is -1.98. The van der Waals surface area contributed by atoms with Crippen molar-refractivity contribution in [1.29, 1.82) is 0 Å². The summed E-state index contributed by atoms with van der Waals surface area (Å²) in [7, 11) is 0. The van der Waals surface area contributed by atoms with E-state index in [1.54, 1.807) is 6.20 Å². The van der Waals surface area contributed by atoms with E-state index in [1.807, 2.05) is 30.5 Å². The Morgan fingerprint density at radius 3 is 2.94 bits per heavy atom. The molecule has 0 fully saturated rings. The van der Waals surface area contributed by atoms with Crippen LogP contribution in [0.4, 0.5) is 0 Å². The van der Waals surface area contributed by atoms with E-state index in [9.17, 15) is 0 Å². The molecule has 0 aliphatic heterocycles. The number of unbranched alkanes of at least 4 members (excludes halogenated alkanes) is 1. The molecule has 0 saturated heterocycles. The van der Waals surface area contributed by atoms with Crippen molar-refractivity contribution in [3.8, 4) is 17.1 Å². The Balaban J connectivity index is 2.18. The number of imidazole rings is 1. The molecular weight excluding hydrogens is 200 g/mol. The predicted molar refractivity (Wildman–Crippen MR) is 64.4 cm³/mol. The van der Waals surface area contributed by atoms with Crippen LogP contribution >= 0.6 is 0 Å². The van der Waals surface area contributed by atoms with Crippen LogP contribution in [0.1, 0.15) is 19.8 Å². The highest BCUT2D eigenvalue weighted by Crippen LogP contribution is 2.26. The molecule has 0 unspecified atom stereocenters. The fourth-order valence-corrected chi connectivity index (χ4v) is 1.53. The third-order valence-electron chi connectivity index (χ3n) is 2.40. The van der Waals surface area contributed by atoms with Gasteiger partial charge in [-0.15, -0.1) is 0 Å². The van der Waals surface area contributed by atoms with Gasteiger partial charge in [0.25, 0.3) is 0 Å². The molecule has 0 spiro atoms. The van der Waals surface area contributed by atoms with E-state index in [-0.39, 0.29) is 0 Å². The zero-order valence-corrected chi connectivity index (χ0v) is 9.44. The fourth-order valence-electron chi connectivity index (χ4n) is 1.53. The van der Waals surface area contributed by atoms with Gasteiger partial charge in [0, 0.05) is 12.4 Å². The minimum atomic E-state index is 0.758. The Labute approximate surface area is 95.5 Å². The first-order valence-corrected chi connectivity index (χ1v) is 5.63. The third-order valence-corrected chi connectivity index (χ3v) is 2.40. The van der Waals surface area contributed by atoms with E-state index in [2.05, 4.69) is 16.9 Å². The molecule has 1 N–H and O–H groups in total. The van der Waals surface area contributed by atoms with Gasteiger partial charge < -0.3 is 9.72 Å². The summed E-state index contributed by atoms with van der Waals surface area (Å²) in [6.45, 7) is 2.91. The maximum Gasteiger partial charge on any atom is 0.141 e. The van der Waals surface area contributed by atoms with Crippen molar-refractivity contribution in [1.82, 2.24) is 9.97 Å². The first-order valence-electron chi connectivity index (χ1n) is 5.63. The molecule has 2 rings (SSSR count). The van der Waals surface area contributed by atoms with E-state index in [1.165, 1.54) is 0 Å². The highest BCUT2D eigenvalue weighted by Gasteiger charge is 2.06. The van der Waals surface area contributed by atoms with Crippen molar-refractivity contribution in [3.63, 3.8) is 0 Å². The second-order valence-corrected chi connectivity index (χ2v) is 3.64. The van der Waals surface area contributed by atoms with Gasteiger partial charge in [0.15, 0.2) is 0 Å². The number of hydrogen-bond acceptors (Lipinski definition) is 2. The molecule has 0 aliphatic carbocycles.